The molecule has 1 nitrogen and oxygen atoms in total. The van der Waals surface area contributed by atoms with Crippen molar-refractivity contribution in [2.75, 3.05) is 0 Å². The number of hydrogen-bond acceptors (Lipinski definition) is 1. The number of carbonyl (C=O) groups excluding carboxylic acids is 1. The Kier molecular flexibility index (Phi) is 0.799. The lowest BCUT2D eigenvalue weighted by atomic mass is 9.47. The van der Waals surface area contributed by atoms with Crippen molar-refractivity contribution in [3.8, 4) is 0 Å². The molecule has 3 fully saturated rings. The zero-order valence-corrected chi connectivity index (χ0v) is 7.13. The summed E-state index contributed by atoms with van der Waals surface area (Å²) in [5.41, 5.74) is 0.370. The topological polar surface area (TPSA) is 17.1 Å². The summed E-state index contributed by atoms with van der Waals surface area (Å²) in [5.74, 6) is 3.26. The SMILES string of the molecule is CC1(C)C2CC3CC2C1C3=O. The van der Waals surface area contributed by atoms with Crippen LogP contribution in [0.25, 0.3) is 0 Å². The predicted octanol–water partition coefficient (Wildman–Crippen LogP) is 1.87. The molecule has 0 saturated heterocycles. The van der Waals surface area contributed by atoms with E-state index in [1.54, 1.807) is 0 Å². The molecule has 1 heteroatoms. The maximum absolute atomic E-state index is 11.6. The number of hydrogen-bond donors (Lipinski definition) is 0. The largest absolute Gasteiger partial charge is 0.299 e. The second-order valence-corrected chi connectivity index (χ2v) is 5.14. The minimum Gasteiger partial charge on any atom is -0.299 e. The Hall–Kier alpha value is -0.330. The summed E-state index contributed by atoms with van der Waals surface area (Å²) < 4.78 is 0. The van der Waals surface area contributed by atoms with Crippen molar-refractivity contribution in [2.45, 2.75) is 26.7 Å². The molecule has 60 valence electrons. The summed E-state index contributed by atoms with van der Waals surface area (Å²) in [6.07, 6.45) is 2.45. The Morgan fingerprint density at radius 3 is 2.45 bits per heavy atom. The van der Waals surface area contributed by atoms with Gasteiger partial charge < -0.3 is 0 Å². The van der Waals surface area contributed by atoms with Gasteiger partial charge in [-0.15, -0.1) is 0 Å². The van der Waals surface area contributed by atoms with E-state index < -0.39 is 0 Å². The van der Waals surface area contributed by atoms with Crippen molar-refractivity contribution < 1.29 is 4.79 Å². The van der Waals surface area contributed by atoms with E-state index in [1.165, 1.54) is 12.8 Å². The molecule has 4 unspecified atom stereocenters. The number of fused-ring (bicyclic) bond motifs is 1. The number of rotatable bonds is 0. The lowest BCUT2D eigenvalue weighted by Crippen LogP contribution is -2.55. The van der Waals surface area contributed by atoms with E-state index in [4.69, 9.17) is 0 Å². The van der Waals surface area contributed by atoms with Gasteiger partial charge in [0.05, 0.1) is 0 Å². The standard InChI is InChI=1S/C10H14O/c1-10(2)7-4-5-3-6(7)8(10)9(5)11/h5-8H,3-4H2,1-2H3. The maximum Gasteiger partial charge on any atom is 0.139 e. The fourth-order valence-electron chi connectivity index (χ4n) is 4.02. The van der Waals surface area contributed by atoms with Gasteiger partial charge in [0.25, 0.3) is 0 Å². The Morgan fingerprint density at radius 2 is 2.09 bits per heavy atom. The Labute approximate surface area is 67.2 Å². The van der Waals surface area contributed by atoms with Gasteiger partial charge in [-0.25, -0.2) is 0 Å². The highest BCUT2D eigenvalue weighted by molar-refractivity contribution is 5.89. The fraction of sp³-hybridized carbons (Fsp3) is 0.900. The maximum atomic E-state index is 11.6. The first-order valence-electron chi connectivity index (χ1n) is 4.66. The summed E-state index contributed by atoms with van der Waals surface area (Å²) in [4.78, 5) is 11.6. The predicted molar refractivity (Wildman–Crippen MR) is 42.0 cm³/mol. The summed E-state index contributed by atoms with van der Waals surface area (Å²) in [6, 6.07) is 0. The molecule has 0 aromatic carbocycles. The van der Waals surface area contributed by atoms with Crippen LogP contribution in [0, 0.1) is 29.1 Å². The van der Waals surface area contributed by atoms with Gasteiger partial charge in [0.2, 0.25) is 0 Å². The van der Waals surface area contributed by atoms with E-state index in [0.29, 0.717) is 23.0 Å². The number of carbonyl (C=O) groups is 1. The van der Waals surface area contributed by atoms with Crippen molar-refractivity contribution in [2.24, 2.45) is 29.1 Å². The van der Waals surface area contributed by atoms with Gasteiger partial charge in [-0.3, -0.25) is 4.79 Å². The van der Waals surface area contributed by atoms with Gasteiger partial charge >= 0.3 is 0 Å². The van der Waals surface area contributed by atoms with Crippen LogP contribution in [0.15, 0.2) is 0 Å². The zero-order valence-electron chi connectivity index (χ0n) is 7.13. The average Bonchev–Trinajstić information content (AvgIpc) is 2.39. The Balaban J connectivity index is 2.07. The highest BCUT2D eigenvalue weighted by Crippen LogP contribution is 2.70. The molecule has 4 atom stereocenters. The summed E-state index contributed by atoms with van der Waals surface area (Å²) >= 11 is 0. The minimum absolute atomic E-state index is 0.370. The molecule has 11 heavy (non-hydrogen) atoms. The smallest absolute Gasteiger partial charge is 0.139 e. The highest BCUT2D eigenvalue weighted by atomic mass is 16.1. The van der Waals surface area contributed by atoms with Gasteiger partial charge in [-0.1, -0.05) is 13.8 Å². The van der Waals surface area contributed by atoms with Gasteiger partial charge in [0.1, 0.15) is 5.78 Å². The van der Waals surface area contributed by atoms with Crippen molar-refractivity contribution >= 4 is 5.78 Å². The molecule has 0 aliphatic heterocycles. The van der Waals surface area contributed by atoms with E-state index >= 15 is 0 Å². The van der Waals surface area contributed by atoms with Gasteiger partial charge in [-0.05, 0) is 30.1 Å². The van der Waals surface area contributed by atoms with E-state index in [2.05, 4.69) is 13.8 Å². The molecule has 0 aromatic heterocycles. The molecule has 3 saturated carbocycles. The van der Waals surface area contributed by atoms with Gasteiger partial charge in [-0.2, -0.15) is 0 Å². The second kappa shape index (κ2) is 1.41. The van der Waals surface area contributed by atoms with Gasteiger partial charge in [0, 0.05) is 11.8 Å². The average molecular weight is 150 g/mol. The lowest BCUT2D eigenvalue weighted by molar-refractivity contribution is -0.152. The first-order valence-corrected chi connectivity index (χ1v) is 4.66. The van der Waals surface area contributed by atoms with Crippen molar-refractivity contribution in [1.29, 1.82) is 0 Å². The van der Waals surface area contributed by atoms with Crippen LogP contribution in [0.3, 0.4) is 0 Å². The van der Waals surface area contributed by atoms with E-state index in [-0.39, 0.29) is 0 Å². The van der Waals surface area contributed by atoms with Crippen molar-refractivity contribution in [1.82, 2.24) is 0 Å². The third-order valence-electron chi connectivity index (χ3n) is 4.51. The monoisotopic (exact) mass is 150 g/mol. The Bertz CT molecular complexity index is 241. The second-order valence-electron chi connectivity index (χ2n) is 5.14. The molecule has 0 aromatic rings. The molecule has 0 N–H and O–H groups in total. The van der Waals surface area contributed by atoms with Crippen LogP contribution in [0.1, 0.15) is 26.7 Å². The molecule has 2 bridgehead atoms. The molecule has 0 heterocycles. The highest BCUT2D eigenvalue weighted by Gasteiger charge is 2.69. The lowest BCUT2D eigenvalue weighted by Gasteiger charge is -2.56. The number of Topliss-reactive ketones (excluding diaryl/α,β-unsaturated/α-hetero) is 1. The minimum atomic E-state index is 0.370. The first kappa shape index (κ1) is 6.22. The van der Waals surface area contributed by atoms with Crippen molar-refractivity contribution in [3.63, 3.8) is 0 Å². The van der Waals surface area contributed by atoms with Crippen LogP contribution < -0.4 is 0 Å². The quantitative estimate of drug-likeness (QED) is 0.515. The van der Waals surface area contributed by atoms with Crippen LogP contribution in [0.2, 0.25) is 0 Å². The van der Waals surface area contributed by atoms with Crippen LogP contribution in [0.5, 0.6) is 0 Å². The Morgan fingerprint density at radius 1 is 1.36 bits per heavy atom. The third-order valence-corrected chi connectivity index (χ3v) is 4.51. The third kappa shape index (κ3) is 0.447. The summed E-state index contributed by atoms with van der Waals surface area (Å²) in [6.45, 7) is 4.55. The van der Waals surface area contributed by atoms with Crippen LogP contribution in [0.4, 0.5) is 0 Å². The normalized spacial score (nSPS) is 56.4. The molecule has 3 aliphatic carbocycles. The molecule has 0 radical (unpaired) electrons. The summed E-state index contributed by atoms with van der Waals surface area (Å²) in [5, 5.41) is 0. The van der Waals surface area contributed by atoms with Crippen LogP contribution >= 0.6 is 0 Å². The molecule has 3 aliphatic rings. The van der Waals surface area contributed by atoms with E-state index in [9.17, 15) is 4.79 Å². The summed E-state index contributed by atoms with van der Waals surface area (Å²) in [7, 11) is 0. The molecular weight excluding hydrogens is 136 g/mol. The molecular formula is C10H14O. The van der Waals surface area contributed by atoms with E-state index in [1.807, 2.05) is 0 Å². The molecule has 3 rings (SSSR count). The molecule has 0 amide bonds. The zero-order chi connectivity index (χ0) is 7.80. The van der Waals surface area contributed by atoms with Crippen LogP contribution in [-0.2, 0) is 4.79 Å². The molecule has 0 spiro atoms. The fourth-order valence-corrected chi connectivity index (χ4v) is 4.02. The van der Waals surface area contributed by atoms with Crippen LogP contribution in [-0.4, -0.2) is 5.78 Å². The van der Waals surface area contributed by atoms with Crippen molar-refractivity contribution in [3.05, 3.63) is 0 Å². The van der Waals surface area contributed by atoms with Gasteiger partial charge in [0.15, 0.2) is 0 Å². The van der Waals surface area contributed by atoms with E-state index in [0.717, 1.165) is 11.8 Å². The first-order chi connectivity index (χ1) is 5.12. The number of ketones is 1.